The van der Waals surface area contributed by atoms with Gasteiger partial charge in [-0.15, -0.1) is 0 Å². The quantitative estimate of drug-likeness (QED) is 0.607. The number of hydrogen-bond acceptors (Lipinski definition) is 6. The molecular formula is C27H33N3O3. The van der Waals surface area contributed by atoms with Crippen LogP contribution in [0.25, 0.3) is 0 Å². The lowest BCUT2D eigenvalue weighted by Crippen LogP contribution is -2.36. The van der Waals surface area contributed by atoms with E-state index in [2.05, 4.69) is 46.2 Å². The van der Waals surface area contributed by atoms with Crippen LogP contribution in [0, 0.1) is 32.6 Å². The molecule has 0 amide bonds. The van der Waals surface area contributed by atoms with E-state index >= 15 is 0 Å². The van der Waals surface area contributed by atoms with Crippen molar-refractivity contribution in [1.29, 1.82) is 0 Å². The van der Waals surface area contributed by atoms with Gasteiger partial charge in [-0.05, 0) is 68.4 Å². The maximum atomic E-state index is 11.7. The summed E-state index contributed by atoms with van der Waals surface area (Å²) in [6.45, 7) is 8.77. The molecule has 2 aromatic heterocycles. The molecule has 6 heteroatoms. The molecule has 2 aliphatic rings. The zero-order valence-electron chi connectivity index (χ0n) is 20.0. The topological polar surface area (TPSA) is 71.6 Å². The van der Waals surface area contributed by atoms with Crippen molar-refractivity contribution in [3.63, 3.8) is 0 Å². The third-order valence-electron chi connectivity index (χ3n) is 7.75. The van der Waals surface area contributed by atoms with Crippen LogP contribution in [0.1, 0.15) is 52.2 Å². The molecule has 2 fully saturated rings. The van der Waals surface area contributed by atoms with Gasteiger partial charge in [0, 0.05) is 43.7 Å². The van der Waals surface area contributed by atoms with Gasteiger partial charge in [0.25, 0.3) is 0 Å². The molecule has 1 saturated carbocycles. The number of aliphatic hydroxyl groups is 1. The highest BCUT2D eigenvalue weighted by Gasteiger charge is 2.53. The van der Waals surface area contributed by atoms with Gasteiger partial charge in [-0.2, -0.15) is 0 Å². The lowest BCUT2D eigenvalue weighted by molar-refractivity contribution is -0.0114. The molecule has 33 heavy (non-hydrogen) atoms. The largest absolute Gasteiger partial charge is 0.496 e. The number of pyridine rings is 1. The summed E-state index contributed by atoms with van der Waals surface area (Å²) in [6.07, 6.45) is 4.39. The summed E-state index contributed by atoms with van der Waals surface area (Å²) in [5.41, 5.74) is 5.58. The van der Waals surface area contributed by atoms with E-state index in [4.69, 9.17) is 9.26 Å². The zero-order valence-corrected chi connectivity index (χ0v) is 20.0. The highest BCUT2D eigenvalue weighted by molar-refractivity contribution is 5.42. The summed E-state index contributed by atoms with van der Waals surface area (Å²) >= 11 is 0. The van der Waals surface area contributed by atoms with Gasteiger partial charge in [0.2, 0.25) is 0 Å². The summed E-state index contributed by atoms with van der Waals surface area (Å²) < 4.78 is 11.0. The molecule has 1 aliphatic heterocycles. The molecule has 1 N–H and O–H groups in total. The Labute approximate surface area is 195 Å². The van der Waals surface area contributed by atoms with Gasteiger partial charge < -0.3 is 14.4 Å². The lowest BCUT2D eigenvalue weighted by Gasteiger charge is -2.31. The van der Waals surface area contributed by atoms with Crippen molar-refractivity contribution in [1.82, 2.24) is 15.0 Å². The molecular weight excluding hydrogens is 414 g/mol. The molecule has 0 spiro atoms. The van der Waals surface area contributed by atoms with Crippen molar-refractivity contribution in [2.45, 2.75) is 52.2 Å². The monoisotopic (exact) mass is 447 g/mol. The highest BCUT2D eigenvalue weighted by Crippen LogP contribution is 2.50. The smallest absolute Gasteiger partial charge is 0.137 e. The zero-order chi connectivity index (χ0) is 23.2. The van der Waals surface area contributed by atoms with Crippen LogP contribution in [0.5, 0.6) is 5.75 Å². The number of benzene rings is 1. The van der Waals surface area contributed by atoms with Crippen molar-refractivity contribution in [3.8, 4) is 5.75 Å². The van der Waals surface area contributed by atoms with Gasteiger partial charge in [0.15, 0.2) is 0 Å². The second kappa shape index (κ2) is 8.58. The maximum Gasteiger partial charge on any atom is 0.137 e. The van der Waals surface area contributed by atoms with Gasteiger partial charge in [-0.1, -0.05) is 23.4 Å². The minimum Gasteiger partial charge on any atom is -0.496 e. The van der Waals surface area contributed by atoms with Crippen LogP contribution < -0.4 is 4.74 Å². The predicted molar refractivity (Wildman–Crippen MR) is 126 cm³/mol. The number of aromatic nitrogens is 2. The first-order chi connectivity index (χ1) is 15.9. The van der Waals surface area contributed by atoms with Crippen molar-refractivity contribution < 1.29 is 14.4 Å². The average Bonchev–Trinajstić information content (AvgIpc) is 3.45. The van der Waals surface area contributed by atoms with Crippen LogP contribution in [-0.4, -0.2) is 40.3 Å². The fraction of sp³-hybridized carbons (Fsp3) is 0.481. The van der Waals surface area contributed by atoms with Gasteiger partial charge >= 0.3 is 0 Å². The first kappa shape index (κ1) is 22.1. The number of likely N-dealkylation sites (tertiary alicyclic amines) is 1. The Balaban J connectivity index is 1.34. The van der Waals surface area contributed by atoms with Crippen LogP contribution in [0.2, 0.25) is 0 Å². The predicted octanol–water partition coefficient (Wildman–Crippen LogP) is 4.32. The van der Waals surface area contributed by atoms with Crippen LogP contribution in [0.3, 0.4) is 0 Å². The van der Waals surface area contributed by atoms with Gasteiger partial charge in [-0.25, -0.2) is 0 Å². The Morgan fingerprint density at radius 1 is 1.21 bits per heavy atom. The number of fused-ring (bicyclic) bond motifs is 1. The number of aryl methyl sites for hydroxylation is 3. The van der Waals surface area contributed by atoms with E-state index in [0.29, 0.717) is 5.92 Å². The van der Waals surface area contributed by atoms with E-state index in [1.54, 1.807) is 13.3 Å². The SMILES string of the molecule is COc1ccc(CN2C[C@H]3CC[C@](O)(c4ncccc4C)[C@H]3C2)cc1Cc1c(C)noc1C. The summed E-state index contributed by atoms with van der Waals surface area (Å²) in [7, 11) is 1.72. The minimum absolute atomic E-state index is 0.228. The highest BCUT2D eigenvalue weighted by atomic mass is 16.5. The Morgan fingerprint density at radius 3 is 2.79 bits per heavy atom. The number of ether oxygens (including phenoxy) is 1. The summed E-state index contributed by atoms with van der Waals surface area (Å²) in [4.78, 5) is 7.07. The number of nitrogens with zero attached hydrogens (tertiary/aromatic N) is 3. The average molecular weight is 448 g/mol. The minimum atomic E-state index is -0.820. The number of rotatable bonds is 6. The third-order valence-corrected chi connectivity index (χ3v) is 7.75. The second-order valence-corrected chi connectivity index (χ2v) is 9.82. The molecule has 3 atom stereocenters. The van der Waals surface area contributed by atoms with Crippen LogP contribution in [-0.2, 0) is 18.6 Å². The van der Waals surface area contributed by atoms with E-state index in [0.717, 1.165) is 78.5 Å². The Morgan fingerprint density at radius 2 is 2.06 bits per heavy atom. The second-order valence-electron chi connectivity index (χ2n) is 9.82. The first-order valence-corrected chi connectivity index (χ1v) is 11.8. The Hall–Kier alpha value is -2.70. The van der Waals surface area contributed by atoms with Crippen molar-refractivity contribution in [2.24, 2.45) is 11.8 Å². The maximum absolute atomic E-state index is 11.7. The normalized spacial score (nSPS) is 24.9. The lowest BCUT2D eigenvalue weighted by atomic mass is 9.83. The Bertz CT molecular complexity index is 1140. The molecule has 1 aromatic carbocycles. The molecule has 5 rings (SSSR count). The van der Waals surface area contributed by atoms with Crippen molar-refractivity contribution in [3.05, 3.63) is 75.9 Å². The summed E-state index contributed by atoms with van der Waals surface area (Å²) in [5, 5.41) is 15.8. The molecule has 1 saturated heterocycles. The molecule has 3 heterocycles. The Kier molecular flexibility index (Phi) is 5.75. The molecule has 0 unspecified atom stereocenters. The molecule has 3 aromatic rings. The van der Waals surface area contributed by atoms with E-state index in [1.807, 2.05) is 19.9 Å². The van der Waals surface area contributed by atoms with Crippen molar-refractivity contribution in [2.75, 3.05) is 20.2 Å². The van der Waals surface area contributed by atoms with E-state index in [-0.39, 0.29) is 5.92 Å². The van der Waals surface area contributed by atoms with Gasteiger partial charge in [-0.3, -0.25) is 9.88 Å². The van der Waals surface area contributed by atoms with Crippen LogP contribution in [0.4, 0.5) is 0 Å². The molecule has 0 radical (unpaired) electrons. The summed E-state index contributed by atoms with van der Waals surface area (Å²) in [5.74, 6) is 2.48. The van der Waals surface area contributed by atoms with E-state index in [1.165, 1.54) is 5.56 Å². The third kappa shape index (κ3) is 3.96. The fourth-order valence-electron chi connectivity index (χ4n) is 6.02. The number of hydrogen-bond donors (Lipinski definition) is 1. The molecule has 0 bridgehead atoms. The fourth-order valence-corrected chi connectivity index (χ4v) is 6.02. The van der Waals surface area contributed by atoms with Gasteiger partial charge in [0.05, 0.1) is 18.5 Å². The van der Waals surface area contributed by atoms with E-state index < -0.39 is 5.60 Å². The molecule has 1 aliphatic carbocycles. The standard InChI is InChI=1S/C27H33N3O3/c1-17-6-5-11-28-26(17)27(31)10-9-21-15-30(16-24(21)27)14-20-7-8-25(32-4)22(12-20)13-23-18(2)29-33-19(23)3/h5-8,11-12,21,24,31H,9-10,13-16H2,1-4H3/t21-,24+,27-/m1/s1. The van der Waals surface area contributed by atoms with Crippen molar-refractivity contribution >= 4 is 0 Å². The number of methoxy groups -OCH3 is 1. The first-order valence-electron chi connectivity index (χ1n) is 11.8. The van der Waals surface area contributed by atoms with Gasteiger partial charge in [0.1, 0.15) is 17.1 Å². The molecule has 174 valence electrons. The summed E-state index contributed by atoms with van der Waals surface area (Å²) in [6, 6.07) is 10.5. The molecule has 6 nitrogen and oxygen atoms in total. The van der Waals surface area contributed by atoms with Crippen LogP contribution >= 0.6 is 0 Å². The van der Waals surface area contributed by atoms with Crippen LogP contribution in [0.15, 0.2) is 41.1 Å². The van der Waals surface area contributed by atoms with E-state index in [9.17, 15) is 5.11 Å².